The predicted octanol–water partition coefficient (Wildman–Crippen LogP) is 2.12. The molecule has 4 nitrogen and oxygen atoms in total. The van der Waals surface area contributed by atoms with Crippen LogP contribution in [-0.4, -0.2) is 4.92 Å². The van der Waals surface area contributed by atoms with E-state index in [1.807, 2.05) is 0 Å². The Morgan fingerprint density at radius 1 is 1.62 bits per heavy atom. The summed E-state index contributed by atoms with van der Waals surface area (Å²) in [6.07, 6.45) is 0. The number of nitrogens with two attached hydrogens (primary N) is 1. The molecule has 0 radical (unpaired) electrons. The first-order chi connectivity index (χ1) is 6.06. The number of rotatable bonds is 2. The highest BCUT2D eigenvalue weighted by Crippen LogP contribution is 2.26. The second kappa shape index (κ2) is 3.85. The fraction of sp³-hybridized carbons (Fsp3) is 0.250. The molecule has 1 aromatic rings. The van der Waals surface area contributed by atoms with E-state index >= 15 is 0 Å². The molecule has 70 valence electrons. The lowest BCUT2D eigenvalue weighted by atomic mass is 10.1. The average molecular weight is 245 g/mol. The van der Waals surface area contributed by atoms with Crippen LogP contribution in [0.4, 0.5) is 5.69 Å². The molecule has 0 bridgehead atoms. The van der Waals surface area contributed by atoms with Crippen molar-refractivity contribution in [3.63, 3.8) is 0 Å². The molecule has 1 aromatic carbocycles. The lowest BCUT2D eigenvalue weighted by Gasteiger charge is -2.03. The molecule has 5 heteroatoms. The molecule has 0 aliphatic rings. The molecule has 0 fully saturated rings. The largest absolute Gasteiger partial charge is 0.326 e. The number of nitro groups is 1. The van der Waals surface area contributed by atoms with Crippen LogP contribution < -0.4 is 5.73 Å². The van der Waals surface area contributed by atoms with Crippen molar-refractivity contribution in [1.82, 2.24) is 0 Å². The number of benzene rings is 1. The highest BCUT2D eigenvalue weighted by Gasteiger charge is 2.13. The first-order valence-corrected chi connectivity index (χ1v) is 4.49. The highest BCUT2D eigenvalue weighted by molar-refractivity contribution is 9.10. The summed E-state index contributed by atoms with van der Waals surface area (Å²) < 4.78 is 0.846. The minimum absolute atomic E-state index is 0.0863. The van der Waals surface area contributed by atoms with Gasteiger partial charge in [-0.25, -0.2) is 0 Å². The number of nitrogens with zero attached hydrogens (tertiary/aromatic N) is 1. The van der Waals surface area contributed by atoms with Crippen LogP contribution in [0.3, 0.4) is 0 Å². The second-order valence-corrected chi connectivity index (χ2v) is 3.55. The predicted molar refractivity (Wildman–Crippen MR) is 53.4 cm³/mol. The Morgan fingerprint density at radius 2 is 2.23 bits per heavy atom. The summed E-state index contributed by atoms with van der Waals surface area (Å²) >= 11 is 3.29. The zero-order chi connectivity index (χ0) is 10.0. The van der Waals surface area contributed by atoms with E-state index in [9.17, 15) is 10.1 Å². The molecule has 0 amide bonds. The molecule has 0 aliphatic heterocycles. The molecule has 0 spiro atoms. The minimum Gasteiger partial charge on any atom is -0.326 e. The van der Waals surface area contributed by atoms with E-state index in [0.717, 1.165) is 10.0 Å². The summed E-state index contributed by atoms with van der Waals surface area (Å²) in [6, 6.07) is 3.21. The first-order valence-electron chi connectivity index (χ1n) is 3.69. The topological polar surface area (TPSA) is 69.2 Å². The van der Waals surface area contributed by atoms with Crippen LogP contribution in [0.15, 0.2) is 16.6 Å². The van der Waals surface area contributed by atoms with E-state index in [2.05, 4.69) is 15.9 Å². The second-order valence-electron chi connectivity index (χ2n) is 2.69. The van der Waals surface area contributed by atoms with Crippen LogP contribution in [0.5, 0.6) is 0 Å². The molecule has 13 heavy (non-hydrogen) atoms. The zero-order valence-electron chi connectivity index (χ0n) is 7.08. The molecule has 1 rings (SSSR count). The monoisotopic (exact) mass is 244 g/mol. The van der Waals surface area contributed by atoms with Gasteiger partial charge in [-0.1, -0.05) is 15.9 Å². The third-order valence-electron chi connectivity index (χ3n) is 1.78. The maximum atomic E-state index is 10.6. The van der Waals surface area contributed by atoms with Crippen LogP contribution in [0.1, 0.15) is 11.1 Å². The number of aryl methyl sites for hydroxylation is 1. The summed E-state index contributed by atoms with van der Waals surface area (Å²) in [7, 11) is 0. The molecule has 0 unspecified atom stereocenters. The SMILES string of the molecule is Cc1cc([N+](=O)[O-])c(CN)cc1Br. The van der Waals surface area contributed by atoms with Crippen molar-refractivity contribution in [2.24, 2.45) is 5.73 Å². The van der Waals surface area contributed by atoms with Gasteiger partial charge in [0.1, 0.15) is 0 Å². The number of hydrogen-bond donors (Lipinski definition) is 1. The minimum atomic E-state index is -0.415. The Balaban J connectivity index is 3.33. The van der Waals surface area contributed by atoms with Crippen molar-refractivity contribution in [2.75, 3.05) is 0 Å². The Bertz CT molecular complexity index is 352. The quantitative estimate of drug-likeness (QED) is 0.640. The third-order valence-corrected chi connectivity index (χ3v) is 2.63. The highest BCUT2D eigenvalue weighted by atomic mass is 79.9. The van der Waals surface area contributed by atoms with Gasteiger partial charge >= 0.3 is 0 Å². The van der Waals surface area contributed by atoms with Crippen LogP contribution in [0.2, 0.25) is 0 Å². The van der Waals surface area contributed by atoms with Gasteiger partial charge in [-0.2, -0.15) is 0 Å². The van der Waals surface area contributed by atoms with Gasteiger partial charge in [0.2, 0.25) is 0 Å². The van der Waals surface area contributed by atoms with Crippen LogP contribution in [0, 0.1) is 17.0 Å². The van der Waals surface area contributed by atoms with Gasteiger partial charge in [0.15, 0.2) is 0 Å². The van der Waals surface area contributed by atoms with E-state index < -0.39 is 4.92 Å². The average Bonchev–Trinajstić information content (AvgIpc) is 2.08. The van der Waals surface area contributed by atoms with Crippen molar-refractivity contribution in [1.29, 1.82) is 0 Å². The Morgan fingerprint density at radius 3 is 2.69 bits per heavy atom. The molecule has 0 aliphatic carbocycles. The zero-order valence-corrected chi connectivity index (χ0v) is 8.67. The fourth-order valence-corrected chi connectivity index (χ4v) is 1.43. The van der Waals surface area contributed by atoms with E-state index in [-0.39, 0.29) is 12.2 Å². The molecular weight excluding hydrogens is 236 g/mol. The van der Waals surface area contributed by atoms with E-state index in [1.165, 1.54) is 6.07 Å². The van der Waals surface area contributed by atoms with Gasteiger partial charge in [-0.3, -0.25) is 10.1 Å². The van der Waals surface area contributed by atoms with E-state index in [1.54, 1.807) is 13.0 Å². The number of nitro benzene ring substituents is 1. The molecule has 0 aromatic heterocycles. The molecule has 0 saturated heterocycles. The van der Waals surface area contributed by atoms with Crippen molar-refractivity contribution in [2.45, 2.75) is 13.5 Å². The van der Waals surface area contributed by atoms with E-state index in [4.69, 9.17) is 5.73 Å². The van der Waals surface area contributed by atoms with Gasteiger partial charge in [-0.05, 0) is 18.6 Å². The Labute approximate surface area is 84.0 Å². The maximum absolute atomic E-state index is 10.6. The lowest BCUT2D eigenvalue weighted by molar-refractivity contribution is -0.385. The van der Waals surface area contributed by atoms with Crippen LogP contribution in [-0.2, 0) is 6.54 Å². The molecule has 0 atom stereocenters. The van der Waals surface area contributed by atoms with Crippen molar-refractivity contribution >= 4 is 21.6 Å². The van der Waals surface area contributed by atoms with Crippen molar-refractivity contribution < 1.29 is 4.92 Å². The maximum Gasteiger partial charge on any atom is 0.274 e. The standard InChI is InChI=1S/C8H9BrN2O2/c1-5-2-8(11(12)13)6(4-10)3-7(5)9/h2-3H,4,10H2,1H3. The molecule has 0 heterocycles. The number of halogens is 1. The van der Waals surface area contributed by atoms with Gasteiger partial charge in [0, 0.05) is 22.6 Å². The van der Waals surface area contributed by atoms with Gasteiger partial charge in [-0.15, -0.1) is 0 Å². The molecular formula is C8H9BrN2O2. The van der Waals surface area contributed by atoms with Crippen molar-refractivity contribution in [3.05, 3.63) is 37.8 Å². The summed E-state index contributed by atoms with van der Waals surface area (Å²) in [6.45, 7) is 1.98. The van der Waals surface area contributed by atoms with Crippen LogP contribution in [0.25, 0.3) is 0 Å². The van der Waals surface area contributed by atoms with Crippen molar-refractivity contribution in [3.8, 4) is 0 Å². The van der Waals surface area contributed by atoms with Gasteiger partial charge in [0.05, 0.1) is 4.92 Å². The summed E-state index contributed by atoms with van der Waals surface area (Å²) in [5.74, 6) is 0. The lowest BCUT2D eigenvalue weighted by Crippen LogP contribution is -2.02. The van der Waals surface area contributed by atoms with Gasteiger partial charge < -0.3 is 5.73 Å². The number of hydrogen-bond acceptors (Lipinski definition) is 3. The summed E-state index contributed by atoms with van der Waals surface area (Å²) in [4.78, 5) is 10.2. The first kappa shape index (κ1) is 10.1. The summed E-state index contributed by atoms with van der Waals surface area (Å²) in [5.41, 5.74) is 6.85. The van der Waals surface area contributed by atoms with E-state index in [0.29, 0.717) is 5.56 Å². The third kappa shape index (κ3) is 2.05. The molecule has 2 N–H and O–H groups in total. The summed E-state index contributed by atoms with van der Waals surface area (Å²) in [5, 5.41) is 10.6. The normalized spacial score (nSPS) is 10.1. The Kier molecular flexibility index (Phi) is 3.00. The fourth-order valence-electron chi connectivity index (χ4n) is 1.04. The smallest absolute Gasteiger partial charge is 0.274 e. The molecule has 0 saturated carbocycles. The van der Waals surface area contributed by atoms with Crippen LogP contribution >= 0.6 is 15.9 Å². The Hall–Kier alpha value is -0.940. The van der Waals surface area contributed by atoms with Gasteiger partial charge in [0.25, 0.3) is 5.69 Å².